The largest absolute Gasteiger partial charge is 0.391 e. The molecule has 3 aliphatic rings. The zero-order valence-electron chi connectivity index (χ0n) is 9.42. The third-order valence-corrected chi connectivity index (χ3v) is 4.09. The minimum Gasteiger partial charge on any atom is -0.391 e. The van der Waals surface area contributed by atoms with Crippen LogP contribution < -0.4 is 0 Å². The number of fused-ring (bicyclic) bond motifs is 3. The Balaban J connectivity index is 1.75. The summed E-state index contributed by atoms with van der Waals surface area (Å²) in [6.07, 6.45) is 6.85. The van der Waals surface area contributed by atoms with E-state index in [1.54, 1.807) is 6.20 Å². The predicted molar refractivity (Wildman–Crippen MR) is 62.0 cm³/mol. The number of nitrogens with zero attached hydrogens (tertiary/aromatic N) is 2. The van der Waals surface area contributed by atoms with Crippen molar-refractivity contribution in [2.75, 3.05) is 13.1 Å². The van der Waals surface area contributed by atoms with Crippen molar-refractivity contribution in [2.45, 2.75) is 31.4 Å². The lowest BCUT2D eigenvalue weighted by atomic mass is 9.79. The van der Waals surface area contributed by atoms with E-state index < -0.39 is 0 Å². The van der Waals surface area contributed by atoms with E-state index in [-0.39, 0.29) is 6.10 Å². The van der Waals surface area contributed by atoms with E-state index in [9.17, 15) is 5.11 Å². The van der Waals surface area contributed by atoms with Gasteiger partial charge in [-0.2, -0.15) is 0 Å². The predicted octanol–water partition coefficient (Wildman–Crippen LogP) is 1.08. The molecule has 2 atom stereocenters. The van der Waals surface area contributed by atoms with Crippen LogP contribution in [-0.2, 0) is 6.42 Å². The van der Waals surface area contributed by atoms with Gasteiger partial charge < -0.3 is 5.11 Å². The van der Waals surface area contributed by atoms with Gasteiger partial charge in [-0.15, -0.1) is 0 Å². The number of hydrogen-bond donors (Lipinski definition) is 1. The molecule has 1 N–H and O–H groups in total. The Morgan fingerprint density at radius 1 is 1.38 bits per heavy atom. The van der Waals surface area contributed by atoms with E-state index in [0.29, 0.717) is 12.0 Å². The number of piperidine rings is 3. The van der Waals surface area contributed by atoms with Crippen LogP contribution in [0.2, 0.25) is 0 Å². The van der Waals surface area contributed by atoms with Crippen LogP contribution in [0, 0.1) is 5.92 Å². The van der Waals surface area contributed by atoms with E-state index in [0.717, 1.165) is 19.5 Å². The van der Waals surface area contributed by atoms with Crippen molar-refractivity contribution < 1.29 is 5.11 Å². The summed E-state index contributed by atoms with van der Waals surface area (Å²) >= 11 is 0. The maximum absolute atomic E-state index is 10.3. The van der Waals surface area contributed by atoms with Gasteiger partial charge in [-0.25, -0.2) is 0 Å². The monoisotopic (exact) mass is 218 g/mol. The highest BCUT2D eigenvalue weighted by Crippen LogP contribution is 2.33. The zero-order valence-corrected chi connectivity index (χ0v) is 9.42. The second-order valence-electron chi connectivity index (χ2n) is 5.00. The summed E-state index contributed by atoms with van der Waals surface area (Å²) in [5.74, 6) is 0.534. The highest BCUT2D eigenvalue weighted by Gasteiger charge is 2.40. The standard InChI is InChI=1S/C13H18N2O/c16-13-11-3-6-15(7-4-11)12(13)8-10-2-1-5-14-9-10/h1-2,5,9,11-13,16H,3-4,6-8H2/t12?,13-/m1/s1. The van der Waals surface area contributed by atoms with Gasteiger partial charge in [0.25, 0.3) is 0 Å². The van der Waals surface area contributed by atoms with Crippen LogP contribution in [0.1, 0.15) is 18.4 Å². The summed E-state index contributed by atoms with van der Waals surface area (Å²) in [6.45, 7) is 2.32. The molecule has 3 aliphatic heterocycles. The van der Waals surface area contributed by atoms with E-state index in [4.69, 9.17) is 0 Å². The molecule has 3 nitrogen and oxygen atoms in total. The van der Waals surface area contributed by atoms with Crippen molar-refractivity contribution in [2.24, 2.45) is 5.92 Å². The van der Waals surface area contributed by atoms with Gasteiger partial charge in [0, 0.05) is 18.4 Å². The van der Waals surface area contributed by atoms with Crippen LogP contribution in [0.3, 0.4) is 0 Å². The second-order valence-corrected chi connectivity index (χ2v) is 5.00. The Bertz CT molecular complexity index is 344. The van der Waals surface area contributed by atoms with Crippen molar-refractivity contribution in [3.05, 3.63) is 30.1 Å². The first kappa shape index (κ1) is 10.2. The fourth-order valence-electron chi connectivity index (χ4n) is 3.13. The average molecular weight is 218 g/mol. The molecule has 0 spiro atoms. The average Bonchev–Trinajstić information content (AvgIpc) is 2.36. The molecule has 1 aromatic heterocycles. The van der Waals surface area contributed by atoms with Crippen molar-refractivity contribution in [1.82, 2.24) is 9.88 Å². The van der Waals surface area contributed by atoms with Crippen molar-refractivity contribution >= 4 is 0 Å². The Labute approximate surface area is 96.1 Å². The summed E-state index contributed by atoms with van der Waals surface area (Å²) in [5.41, 5.74) is 1.24. The van der Waals surface area contributed by atoms with Gasteiger partial charge in [-0.3, -0.25) is 9.88 Å². The van der Waals surface area contributed by atoms with Gasteiger partial charge in [0.1, 0.15) is 0 Å². The highest BCUT2D eigenvalue weighted by atomic mass is 16.3. The first-order chi connectivity index (χ1) is 7.84. The van der Waals surface area contributed by atoms with Crippen LogP contribution in [0.4, 0.5) is 0 Å². The number of hydrogen-bond acceptors (Lipinski definition) is 3. The smallest absolute Gasteiger partial charge is 0.0727 e. The number of aliphatic hydroxyl groups is 1. The van der Waals surface area contributed by atoms with Crippen molar-refractivity contribution in [1.29, 1.82) is 0 Å². The van der Waals surface area contributed by atoms with Crippen LogP contribution >= 0.6 is 0 Å². The lowest BCUT2D eigenvalue weighted by Gasteiger charge is -2.49. The van der Waals surface area contributed by atoms with Gasteiger partial charge >= 0.3 is 0 Å². The first-order valence-corrected chi connectivity index (χ1v) is 6.15. The Morgan fingerprint density at radius 3 is 2.81 bits per heavy atom. The van der Waals surface area contributed by atoms with Crippen molar-refractivity contribution in [3.63, 3.8) is 0 Å². The lowest BCUT2D eigenvalue weighted by Crippen LogP contribution is -2.58. The van der Waals surface area contributed by atoms with Gasteiger partial charge in [-0.1, -0.05) is 6.07 Å². The fraction of sp³-hybridized carbons (Fsp3) is 0.615. The molecule has 4 heterocycles. The SMILES string of the molecule is O[C@@H]1C2CCN(CC2)C1Cc1cccnc1. The summed E-state index contributed by atoms with van der Waals surface area (Å²) in [5, 5.41) is 10.3. The maximum Gasteiger partial charge on any atom is 0.0727 e. The second kappa shape index (κ2) is 4.15. The van der Waals surface area contributed by atoms with Crippen LogP contribution in [0.5, 0.6) is 0 Å². The molecule has 1 aromatic rings. The number of aromatic nitrogens is 1. The summed E-state index contributed by atoms with van der Waals surface area (Å²) in [4.78, 5) is 6.58. The molecule has 3 heteroatoms. The Morgan fingerprint density at radius 2 is 2.19 bits per heavy atom. The van der Waals surface area contributed by atoms with Crippen LogP contribution in [0.25, 0.3) is 0 Å². The van der Waals surface area contributed by atoms with E-state index in [2.05, 4.69) is 16.0 Å². The molecule has 0 saturated carbocycles. The summed E-state index contributed by atoms with van der Waals surface area (Å²) in [6, 6.07) is 4.39. The van der Waals surface area contributed by atoms with E-state index in [1.165, 1.54) is 18.4 Å². The maximum atomic E-state index is 10.3. The Hall–Kier alpha value is -0.930. The Kier molecular flexibility index (Phi) is 2.65. The molecule has 86 valence electrons. The minimum absolute atomic E-state index is 0.136. The van der Waals surface area contributed by atoms with E-state index in [1.807, 2.05) is 12.3 Å². The number of aliphatic hydroxyl groups excluding tert-OH is 1. The molecule has 0 amide bonds. The first-order valence-electron chi connectivity index (χ1n) is 6.15. The molecule has 1 unspecified atom stereocenters. The number of pyridine rings is 1. The van der Waals surface area contributed by atoms with Gasteiger partial charge in [0.15, 0.2) is 0 Å². The molecule has 0 aliphatic carbocycles. The molecule has 0 aromatic carbocycles. The number of rotatable bonds is 2. The van der Waals surface area contributed by atoms with Gasteiger partial charge in [0.05, 0.1) is 6.10 Å². The van der Waals surface area contributed by atoms with Gasteiger partial charge in [-0.05, 0) is 49.9 Å². The van der Waals surface area contributed by atoms with Gasteiger partial charge in [0.2, 0.25) is 0 Å². The van der Waals surface area contributed by atoms with Crippen LogP contribution in [0.15, 0.2) is 24.5 Å². The summed E-state index contributed by atoms with van der Waals surface area (Å²) < 4.78 is 0. The molecule has 3 saturated heterocycles. The molecule has 16 heavy (non-hydrogen) atoms. The highest BCUT2D eigenvalue weighted by molar-refractivity contribution is 5.12. The molecule has 4 rings (SSSR count). The molecule has 2 bridgehead atoms. The molecular weight excluding hydrogens is 200 g/mol. The molecular formula is C13H18N2O. The minimum atomic E-state index is -0.136. The third kappa shape index (κ3) is 1.74. The lowest BCUT2D eigenvalue weighted by molar-refractivity contribution is -0.0715. The topological polar surface area (TPSA) is 36.4 Å². The van der Waals surface area contributed by atoms with Crippen molar-refractivity contribution in [3.8, 4) is 0 Å². The molecule has 3 fully saturated rings. The molecule has 0 radical (unpaired) electrons. The summed E-state index contributed by atoms with van der Waals surface area (Å²) in [7, 11) is 0. The fourth-order valence-corrected chi connectivity index (χ4v) is 3.13. The van der Waals surface area contributed by atoms with E-state index >= 15 is 0 Å². The van der Waals surface area contributed by atoms with Crippen LogP contribution in [-0.4, -0.2) is 40.2 Å². The normalized spacial score (nSPS) is 37.6. The third-order valence-electron chi connectivity index (χ3n) is 4.09. The quantitative estimate of drug-likeness (QED) is 0.807. The zero-order chi connectivity index (χ0) is 11.0.